The number of hydrogen-bond acceptors (Lipinski definition) is 5. The largest absolute Gasteiger partial charge is 0.419 e. The SMILES string of the molecule is CC1(C)OC(=O)C(=Cc2ccc3nc(Cl)ccc3c2)C(=O)O1. The van der Waals surface area contributed by atoms with Crippen LogP contribution in [0.4, 0.5) is 0 Å². The van der Waals surface area contributed by atoms with Crippen LogP contribution in [0.2, 0.25) is 5.15 Å². The van der Waals surface area contributed by atoms with Gasteiger partial charge in [0.2, 0.25) is 0 Å². The van der Waals surface area contributed by atoms with Crippen molar-refractivity contribution >= 4 is 40.5 Å². The molecule has 2 aromatic rings. The molecule has 0 bridgehead atoms. The van der Waals surface area contributed by atoms with Crippen molar-refractivity contribution in [3.63, 3.8) is 0 Å². The Bertz CT molecular complexity index is 804. The number of rotatable bonds is 1. The minimum atomic E-state index is -1.24. The lowest BCUT2D eigenvalue weighted by Gasteiger charge is -2.29. The maximum absolute atomic E-state index is 11.9. The lowest BCUT2D eigenvalue weighted by atomic mass is 10.1. The fourth-order valence-corrected chi connectivity index (χ4v) is 2.31. The van der Waals surface area contributed by atoms with Gasteiger partial charge in [0.05, 0.1) is 5.52 Å². The zero-order valence-electron chi connectivity index (χ0n) is 11.9. The van der Waals surface area contributed by atoms with Crippen molar-refractivity contribution in [3.8, 4) is 0 Å². The third-order valence-electron chi connectivity index (χ3n) is 3.11. The monoisotopic (exact) mass is 317 g/mol. The van der Waals surface area contributed by atoms with E-state index in [1.807, 2.05) is 6.07 Å². The number of halogens is 1. The average Bonchev–Trinajstić information content (AvgIpc) is 2.42. The summed E-state index contributed by atoms with van der Waals surface area (Å²) in [7, 11) is 0. The average molecular weight is 318 g/mol. The highest BCUT2D eigenvalue weighted by Crippen LogP contribution is 2.25. The minimum absolute atomic E-state index is 0.138. The summed E-state index contributed by atoms with van der Waals surface area (Å²) in [6, 6.07) is 8.78. The second kappa shape index (κ2) is 5.10. The van der Waals surface area contributed by atoms with E-state index in [1.54, 1.807) is 24.3 Å². The van der Waals surface area contributed by atoms with Gasteiger partial charge in [0.1, 0.15) is 10.7 Å². The van der Waals surface area contributed by atoms with E-state index in [0.29, 0.717) is 10.7 Å². The second-order valence-electron chi connectivity index (χ2n) is 5.32. The topological polar surface area (TPSA) is 65.5 Å². The first-order valence-corrected chi connectivity index (χ1v) is 6.96. The molecule has 5 nitrogen and oxygen atoms in total. The number of pyridine rings is 1. The third kappa shape index (κ3) is 2.80. The molecule has 1 aliphatic rings. The Morgan fingerprint density at radius 1 is 1.09 bits per heavy atom. The minimum Gasteiger partial charge on any atom is -0.419 e. The van der Waals surface area contributed by atoms with Crippen molar-refractivity contribution in [1.82, 2.24) is 4.98 Å². The molecule has 0 N–H and O–H groups in total. The van der Waals surface area contributed by atoms with Crippen LogP contribution in [0.25, 0.3) is 17.0 Å². The number of nitrogens with zero attached hydrogens (tertiary/aromatic N) is 1. The smallest absolute Gasteiger partial charge is 0.348 e. The Kier molecular flexibility index (Phi) is 3.37. The first kappa shape index (κ1) is 14.5. The van der Waals surface area contributed by atoms with Crippen LogP contribution in [0.15, 0.2) is 35.9 Å². The van der Waals surface area contributed by atoms with Crippen LogP contribution in [0.3, 0.4) is 0 Å². The maximum Gasteiger partial charge on any atom is 0.348 e. The molecule has 0 aliphatic carbocycles. The van der Waals surface area contributed by atoms with Gasteiger partial charge in [-0.1, -0.05) is 17.7 Å². The Balaban J connectivity index is 1.99. The summed E-state index contributed by atoms with van der Waals surface area (Å²) in [5.41, 5.74) is 1.26. The van der Waals surface area contributed by atoms with Crippen molar-refractivity contribution in [3.05, 3.63) is 46.6 Å². The molecule has 0 unspecified atom stereocenters. The van der Waals surface area contributed by atoms with Crippen LogP contribution < -0.4 is 0 Å². The maximum atomic E-state index is 11.9. The normalized spacial score (nSPS) is 17.1. The van der Waals surface area contributed by atoms with E-state index in [0.717, 1.165) is 10.9 Å². The highest BCUT2D eigenvalue weighted by atomic mass is 35.5. The van der Waals surface area contributed by atoms with Crippen molar-refractivity contribution in [2.45, 2.75) is 19.6 Å². The number of esters is 2. The standard InChI is InChI=1S/C16H12ClNO4/c1-16(2)21-14(19)11(15(20)22-16)8-9-3-5-12-10(7-9)4-6-13(17)18-12/h3-8H,1-2H3. The van der Waals surface area contributed by atoms with Crippen LogP contribution in [0, 0.1) is 0 Å². The number of hydrogen-bond donors (Lipinski definition) is 0. The lowest BCUT2D eigenvalue weighted by molar-refractivity contribution is -0.222. The Morgan fingerprint density at radius 2 is 1.77 bits per heavy atom. The Labute approximate surface area is 131 Å². The number of benzene rings is 1. The zero-order chi connectivity index (χ0) is 15.9. The molecular weight excluding hydrogens is 306 g/mol. The third-order valence-corrected chi connectivity index (χ3v) is 3.32. The molecule has 1 aromatic heterocycles. The number of cyclic esters (lactones) is 2. The molecule has 1 aliphatic heterocycles. The number of aromatic nitrogens is 1. The fraction of sp³-hybridized carbons (Fsp3) is 0.188. The predicted octanol–water partition coefficient (Wildman–Crippen LogP) is 3.11. The van der Waals surface area contributed by atoms with E-state index in [9.17, 15) is 9.59 Å². The summed E-state index contributed by atoms with van der Waals surface area (Å²) >= 11 is 5.83. The Morgan fingerprint density at radius 3 is 2.45 bits per heavy atom. The van der Waals surface area contributed by atoms with Crippen LogP contribution in [-0.2, 0) is 19.1 Å². The van der Waals surface area contributed by atoms with Crippen molar-refractivity contribution in [1.29, 1.82) is 0 Å². The van der Waals surface area contributed by atoms with E-state index in [2.05, 4.69) is 4.98 Å². The summed E-state index contributed by atoms with van der Waals surface area (Å²) in [6.07, 6.45) is 1.44. The molecule has 0 amide bonds. The molecule has 0 radical (unpaired) electrons. The molecule has 0 saturated carbocycles. The molecule has 1 aromatic carbocycles. The van der Waals surface area contributed by atoms with Gasteiger partial charge in [0, 0.05) is 19.2 Å². The molecule has 1 saturated heterocycles. The molecule has 3 rings (SSSR count). The number of carbonyl (C=O) groups is 2. The van der Waals surface area contributed by atoms with E-state index < -0.39 is 17.7 Å². The first-order chi connectivity index (χ1) is 10.3. The lowest BCUT2D eigenvalue weighted by Crippen LogP contribution is -2.41. The van der Waals surface area contributed by atoms with E-state index in [1.165, 1.54) is 19.9 Å². The van der Waals surface area contributed by atoms with Crippen molar-refractivity contribution < 1.29 is 19.1 Å². The van der Waals surface area contributed by atoms with Crippen molar-refractivity contribution in [2.24, 2.45) is 0 Å². The quantitative estimate of drug-likeness (QED) is 0.350. The van der Waals surface area contributed by atoms with Gasteiger partial charge in [0.15, 0.2) is 0 Å². The van der Waals surface area contributed by atoms with Crippen LogP contribution in [0.5, 0.6) is 0 Å². The van der Waals surface area contributed by atoms with Gasteiger partial charge in [0.25, 0.3) is 5.79 Å². The second-order valence-corrected chi connectivity index (χ2v) is 5.71. The van der Waals surface area contributed by atoms with E-state index in [4.69, 9.17) is 21.1 Å². The van der Waals surface area contributed by atoms with Gasteiger partial charge in [-0.3, -0.25) is 0 Å². The Hall–Kier alpha value is -2.40. The van der Waals surface area contributed by atoms with Gasteiger partial charge >= 0.3 is 11.9 Å². The van der Waals surface area contributed by atoms with Gasteiger partial charge in [-0.25, -0.2) is 14.6 Å². The molecule has 2 heterocycles. The molecule has 0 spiro atoms. The molecule has 0 atom stereocenters. The van der Waals surface area contributed by atoms with Gasteiger partial charge < -0.3 is 9.47 Å². The van der Waals surface area contributed by atoms with Gasteiger partial charge in [-0.2, -0.15) is 0 Å². The van der Waals surface area contributed by atoms with Gasteiger partial charge in [-0.15, -0.1) is 0 Å². The molecule has 22 heavy (non-hydrogen) atoms. The number of carbonyl (C=O) groups excluding carboxylic acids is 2. The summed E-state index contributed by atoms with van der Waals surface area (Å²) < 4.78 is 10.1. The fourth-order valence-electron chi connectivity index (χ4n) is 2.15. The van der Waals surface area contributed by atoms with Crippen LogP contribution in [-0.4, -0.2) is 22.7 Å². The molecule has 6 heteroatoms. The zero-order valence-corrected chi connectivity index (χ0v) is 12.7. The molecule has 112 valence electrons. The summed E-state index contributed by atoms with van der Waals surface area (Å²) in [5.74, 6) is -2.64. The van der Waals surface area contributed by atoms with Gasteiger partial charge in [-0.05, 0) is 35.9 Å². The highest BCUT2D eigenvalue weighted by molar-refractivity contribution is 6.29. The first-order valence-electron chi connectivity index (χ1n) is 6.59. The molecular formula is C16H12ClNO4. The summed E-state index contributed by atoms with van der Waals surface area (Å²) in [5, 5.41) is 1.25. The van der Waals surface area contributed by atoms with E-state index >= 15 is 0 Å². The number of ether oxygens (including phenoxy) is 2. The van der Waals surface area contributed by atoms with Crippen LogP contribution in [0.1, 0.15) is 19.4 Å². The summed E-state index contributed by atoms with van der Waals surface area (Å²) in [6.45, 7) is 3.01. The number of fused-ring (bicyclic) bond motifs is 1. The van der Waals surface area contributed by atoms with Crippen molar-refractivity contribution in [2.75, 3.05) is 0 Å². The molecule has 1 fully saturated rings. The predicted molar refractivity (Wildman–Crippen MR) is 81.0 cm³/mol. The van der Waals surface area contributed by atoms with E-state index in [-0.39, 0.29) is 5.57 Å². The highest BCUT2D eigenvalue weighted by Gasteiger charge is 2.38. The summed E-state index contributed by atoms with van der Waals surface area (Å²) in [4.78, 5) is 28.0. The van der Waals surface area contributed by atoms with Crippen LogP contribution >= 0.6 is 11.6 Å².